The Labute approximate surface area is 159 Å². The van der Waals surface area contributed by atoms with Gasteiger partial charge in [-0.15, -0.1) is 11.3 Å². The smallest absolute Gasteiger partial charge is 0.142 e. The number of aromatic nitrogens is 1. The number of nitrogen functional groups attached to an aromatic ring is 1. The zero-order valence-electron chi connectivity index (χ0n) is 14.1. The molecule has 0 saturated heterocycles. The molecule has 4 rings (SSSR count). The third kappa shape index (κ3) is 2.85. The SMILES string of the molecule is N#Cc1c(N)nc2c(C#N)c(Nc3ccccc3)sc2c1-c1ccccc1. The van der Waals surface area contributed by atoms with Gasteiger partial charge in [0.05, 0.1) is 4.70 Å². The van der Waals surface area contributed by atoms with Crippen LogP contribution in [0.2, 0.25) is 0 Å². The molecule has 5 nitrogen and oxygen atoms in total. The van der Waals surface area contributed by atoms with Gasteiger partial charge in [0, 0.05) is 11.3 Å². The van der Waals surface area contributed by atoms with Gasteiger partial charge in [0.25, 0.3) is 0 Å². The lowest BCUT2D eigenvalue weighted by Crippen LogP contribution is -1.98. The Morgan fingerprint density at radius 1 is 0.889 bits per heavy atom. The van der Waals surface area contributed by atoms with Gasteiger partial charge >= 0.3 is 0 Å². The number of anilines is 3. The second-order valence-corrected chi connectivity index (χ2v) is 6.83. The topological polar surface area (TPSA) is 98.5 Å². The highest BCUT2D eigenvalue weighted by molar-refractivity contribution is 7.23. The highest BCUT2D eigenvalue weighted by Gasteiger charge is 2.22. The second kappa shape index (κ2) is 6.80. The van der Waals surface area contributed by atoms with E-state index in [0.29, 0.717) is 27.2 Å². The van der Waals surface area contributed by atoms with E-state index in [9.17, 15) is 10.5 Å². The van der Waals surface area contributed by atoms with Crippen molar-refractivity contribution in [1.82, 2.24) is 4.98 Å². The zero-order valence-corrected chi connectivity index (χ0v) is 14.9. The minimum Gasteiger partial charge on any atom is -0.383 e. The van der Waals surface area contributed by atoms with Crippen LogP contribution in [0.15, 0.2) is 60.7 Å². The van der Waals surface area contributed by atoms with Crippen molar-refractivity contribution < 1.29 is 0 Å². The number of fused-ring (bicyclic) bond motifs is 1. The fourth-order valence-corrected chi connectivity index (χ4v) is 4.14. The standard InChI is InChI=1S/C21H13N5S/c22-11-15-17(13-7-3-1-4-8-13)19-18(26-20(15)24)16(12-23)21(27-19)25-14-9-5-2-6-10-14/h1-10,25H,(H2,24,26). The summed E-state index contributed by atoms with van der Waals surface area (Å²) < 4.78 is 0.766. The number of thiophene rings is 1. The van der Waals surface area contributed by atoms with Gasteiger partial charge in [-0.05, 0) is 17.7 Å². The van der Waals surface area contributed by atoms with Crippen molar-refractivity contribution in [2.24, 2.45) is 0 Å². The van der Waals surface area contributed by atoms with Crippen LogP contribution in [0.1, 0.15) is 11.1 Å². The molecule has 0 bridgehead atoms. The Morgan fingerprint density at radius 2 is 1.52 bits per heavy atom. The van der Waals surface area contributed by atoms with Crippen LogP contribution in [0.4, 0.5) is 16.5 Å². The molecule has 0 amide bonds. The maximum Gasteiger partial charge on any atom is 0.142 e. The molecule has 6 heteroatoms. The highest BCUT2D eigenvalue weighted by Crippen LogP contribution is 2.43. The van der Waals surface area contributed by atoms with Crippen LogP contribution in [0.5, 0.6) is 0 Å². The van der Waals surface area contributed by atoms with Crippen LogP contribution in [0.3, 0.4) is 0 Å². The summed E-state index contributed by atoms with van der Waals surface area (Å²) in [6, 6.07) is 23.6. The molecule has 0 aliphatic carbocycles. The lowest BCUT2D eigenvalue weighted by atomic mass is 10.00. The largest absolute Gasteiger partial charge is 0.383 e. The fourth-order valence-electron chi connectivity index (χ4n) is 2.95. The summed E-state index contributed by atoms with van der Waals surface area (Å²) in [5, 5.41) is 23.3. The van der Waals surface area contributed by atoms with E-state index in [1.165, 1.54) is 11.3 Å². The Morgan fingerprint density at radius 3 is 2.15 bits per heavy atom. The summed E-state index contributed by atoms with van der Waals surface area (Å²) in [7, 11) is 0. The molecule has 4 aromatic rings. The molecule has 2 aromatic carbocycles. The van der Waals surface area contributed by atoms with Crippen LogP contribution in [-0.4, -0.2) is 4.98 Å². The van der Waals surface area contributed by atoms with E-state index in [-0.39, 0.29) is 5.82 Å². The molecule has 0 spiro atoms. The summed E-state index contributed by atoms with van der Waals surface area (Å²) in [4.78, 5) is 4.37. The number of nitriles is 2. The Kier molecular flexibility index (Phi) is 4.18. The highest BCUT2D eigenvalue weighted by atomic mass is 32.1. The molecule has 0 saturated carbocycles. The summed E-state index contributed by atoms with van der Waals surface area (Å²) >= 11 is 1.40. The van der Waals surface area contributed by atoms with Gasteiger partial charge in [-0.3, -0.25) is 0 Å². The minimum absolute atomic E-state index is 0.129. The van der Waals surface area contributed by atoms with Crippen LogP contribution in [0, 0.1) is 22.7 Å². The number of nitrogens with two attached hydrogens (primary N) is 1. The summed E-state index contributed by atoms with van der Waals surface area (Å²) in [6.07, 6.45) is 0. The molecule has 0 radical (unpaired) electrons. The van der Waals surface area contributed by atoms with E-state index in [4.69, 9.17) is 5.73 Å². The molecular weight excluding hydrogens is 354 g/mol. The third-order valence-electron chi connectivity index (χ3n) is 4.17. The number of benzene rings is 2. The van der Waals surface area contributed by atoms with Crippen LogP contribution in [-0.2, 0) is 0 Å². The monoisotopic (exact) mass is 367 g/mol. The van der Waals surface area contributed by atoms with Gasteiger partial charge in [0.2, 0.25) is 0 Å². The number of hydrogen-bond donors (Lipinski definition) is 2. The molecule has 2 aromatic heterocycles. The van der Waals surface area contributed by atoms with Crippen LogP contribution < -0.4 is 11.1 Å². The normalized spacial score (nSPS) is 10.3. The van der Waals surface area contributed by atoms with Crippen LogP contribution >= 0.6 is 11.3 Å². The predicted molar refractivity (Wildman–Crippen MR) is 109 cm³/mol. The van der Waals surface area contributed by atoms with Crippen LogP contribution in [0.25, 0.3) is 21.3 Å². The molecule has 2 heterocycles. The molecule has 0 fully saturated rings. The zero-order chi connectivity index (χ0) is 18.8. The molecule has 27 heavy (non-hydrogen) atoms. The van der Waals surface area contributed by atoms with Gasteiger partial charge in [0.1, 0.15) is 39.6 Å². The first-order chi connectivity index (χ1) is 13.2. The number of pyridine rings is 1. The van der Waals surface area contributed by atoms with E-state index >= 15 is 0 Å². The Balaban J connectivity index is 2.02. The number of rotatable bonds is 3. The quantitative estimate of drug-likeness (QED) is 0.529. The average Bonchev–Trinajstić information content (AvgIpc) is 3.04. The van der Waals surface area contributed by atoms with Crippen molar-refractivity contribution in [3.63, 3.8) is 0 Å². The Bertz CT molecular complexity index is 1220. The molecule has 128 valence electrons. The Hall–Kier alpha value is -3.87. The fraction of sp³-hybridized carbons (Fsp3) is 0. The van der Waals surface area contributed by atoms with Gasteiger partial charge in [-0.25, -0.2) is 4.98 Å². The van der Waals surface area contributed by atoms with Crippen molar-refractivity contribution >= 4 is 38.1 Å². The molecule has 0 unspecified atom stereocenters. The lowest BCUT2D eigenvalue weighted by molar-refractivity contribution is 1.37. The van der Waals surface area contributed by atoms with Crippen molar-refractivity contribution in [1.29, 1.82) is 10.5 Å². The first-order valence-electron chi connectivity index (χ1n) is 8.16. The van der Waals surface area contributed by atoms with Crippen molar-refractivity contribution in [2.75, 3.05) is 11.1 Å². The number of nitrogens with zero attached hydrogens (tertiary/aromatic N) is 3. The first-order valence-corrected chi connectivity index (χ1v) is 8.98. The maximum absolute atomic E-state index is 9.73. The number of hydrogen-bond acceptors (Lipinski definition) is 6. The van der Waals surface area contributed by atoms with E-state index in [0.717, 1.165) is 16.0 Å². The predicted octanol–water partition coefficient (Wildman–Crippen LogP) is 5.03. The average molecular weight is 367 g/mol. The lowest BCUT2D eigenvalue weighted by Gasteiger charge is -2.08. The van der Waals surface area contributed by atoms with Crippen molar-refractivity contribution in [3.8, 4) is 23.3 Å². The second-order valence-electron chi connectivity index (χ2n) is 5.81. The van der Waals surface area contributed by atoms with Gasteiger partial charge in [-0.1, -0.05) is 48.5 Å². The number of para-hydroxylation sites is 1. The minimum atomic E-state index is 0.129. The van der Waals surface area contributed by atoms with E-state index < -0.39 is 0 Å². The molecule has 3 N–H and O–H groups in total. The molecule has 0 aliphatic rings. The van der Waals surface area contributed by atoms with Crippen molar-refractivity contribution in [2.45, 2.75) is 0 Å². The molecule has 0 aliphatic heterocycles. The molecular formula is C21H13N5S. The first kappa shape index (κ1) is 16.6. The van der Waals surface area contributed by atoms with E-state index in [1.807, 2.05) is 60.7 Å². The van der Waals surface area contributed by atoms with Gasteiger partial charge < -0.3 is 11.1 Å². The summed E-state index contributed by atoms with van der Waals surface area (Å²) in [5.74, 6) is 0.129. The molecule has 0 atom stereocenters. The van der Waals surface area contributed by atoms with E-state index in [2.05, 4.69) is 22.4 Å². The maximum atomic E-state index is 9.73. The third-order valence-corrected chi connectivity index (χ3v) is 5.28. The van der Waals surface area contributed by atoms with Crippen molar-refractivity contribution in [3.05, 3.63) is 71.8 Å². The summed E-state index contributed by atoms with van der Waals surface area (Å²) in [6.45, 7) is 0. The number of nitrogens with one attached hydrogen (secondary N) is 1. The summed E-state index contributed by atoms with van der Waals surface area (Å²) in [5.41, 5.74) is 9.77. The van der Waals surface area contributed by atoms with Gasteiger partial charge in [0.15, 0.2) is 0 Å². The van der Waals surface area contributed by atoms with E-state index in [1.54, 1.807) is 0 Å². The van der Waals surface area contributed by atoms with Gasteiger partial charge in [-0.2, -0.15) is 10.5 Å².